The molecule has 83 heavy (non-hydrogen) atoms. The van der Waals surface area contributed by atoms with Crippen molar-refractivity contribution in [1.29, 1.82) is 0 Å². The molecule has 0 aromatic rings. The van der Waals surface area contributed by atoms with Crippen LogP contribution < -0.4 is 9.79 Å². The summed E-state index contributed by atoms with van der Waals surface area (Å²) in [5, 5.41) is 0. The van der Waals surface area contributed by atoms with E-state index < -0.39 is 15.6 Å². The van der Waals surface area contributed by atoms with Crippen molar-refractivity contribution in [1.82, 2.24) is 0 Å². The molecular weight excluding hydrogens is 1110 g/mol. The molecule has 0 heterocycles. The molecule has 8 nitrogen and oxygen atoms in total. The minimum absolute atomic E-state index is 0. The van der Waals surface area contributed by atoms with Crippen LogP contribution in [-0.4, -0.2) is 26.4 Å². The Hall–Kier alpha value is -0.301. The van der Waals surface area contributed by atoms with Gasteiger partial charge in [0.2, 0.25) is 0 Å². The fourth-order valence-corrected chi connectivity index (χ4v) is 11.7. The molecule has 0 atom stereocenters. The van der Waals surface area contributed by atoms with Gasteiger partial charge in [0, 0.05) is 0 Å². The standard InChI is InChI=1S/2C36H71O4P.Fe/c2*1-3-5-7-9-11-13-15-17-19-21-23-25-27-29-31-33-35-39-41(37,38)40-36-34-32-30-28-26-24-22-20-18-16-14-12-10-8-6-4-2;/h2*17-20H,3-16,21-36H2,1-2H3,(H,37,38);/q;;+2/p-2/b2*19-17-,20-18-;. The third-order valence-corrected chi connectivity index (χ3v) is 17.6. The molecule has 0 saturated heterocycles. The molecule has 0 unspecified atom stereocenters. The van der Waals surface area contributed by atoms with Crippen LogP contribution in [0.5, 0.6) is 0 Å². The van der Waals surface area contributed by atoms with Crippen molar-refractivity contribution in [3.8, 4) is 0 Å². The van der Waals surface area contributed by atoms with E-state index in [0.717, 1.165) is 77.0 Å². The van der Waals surface area contributed by atoms with E-state index in [0.29, 0.717) is 0 Å². The van der Waals surface area contributed by atoms with Crippen LogP contribution in [0, 0.1) is 0 Å². The molecule has 11 heteroatoms. The SMILES string of the molecule is CCCCCCCC/C=C\CCCCCCCCOP(=O)([O-])OCCCCCCCC/C=C\CCCCCCCC.CCCCCCCC/C=C\CCCCCCCCOP(=O)([O-])OCCCCCCCC/C=C\CCCCCCCC.[Fe+2]. The first-order valence-electron chi connectivity index (χ1n) is 36.0. The van der Waals surface area contributed by atoms with Crippen molar-refractivity contribution < 1.29 is 54.1 Å². The predicted octanol–water partition coefficient (Wildman–Crippen LogP) is 25.1. The van der Waals surface area contributed by atoms with Crippen LogP contribution >= 0.6 is 15.6 Å². The normalized spacial score (nSPS) is 12.2. The summed E-state index contributed by atoms with van der Waals surface area (Å²) in [6.07, 6.45) is 88.0. The first kappa shape index (κ1) is 86.9. The molecule has 0 aliphatic heterocycles. The Labute approximate surface area is 529 Å². The second-order valence-electron chi connectivity index (χ2n) is 24.0. The van der Waals surface area contributed by atoms with Crippen LogP contribution in [0.1, 0.15) is 387 Å². The average Bonchev–Trinajstić information content (AvgIpc) is 3.46. The minimum Gasteiger partial charge on any atom is -0.756 e. The first-order chi connectivity index (χ1) is 40.2. The predicted molar refractivity (Wildman–Crippen MR) is 357 cm³/mol. The van der Waals surface area contributed by atoms with E-state index in [2.05, 4.69) is 76.3 Å². The van der Waals surface area contributed by atoms with Gasteiger partial charge >= 0.3 is 17.1 Å². The fraction of sp³-hybridized carbons (Fsp3) is 0.889. The summed E-state index contributed by atoms with van der Waals surface area (Å²) >= 11 is 0. The maximum Gasteiger partial charge on any atom is 2.00 e. The summed E-state index contributed by atoms with van der Waals surface area (Å²) in [6, 6.07) is 0. The molecule has 0 spiro atoms. The van der Waals surface area contributed by atoms with Gasteiger partial charge in [0.15, 0.2) is 0 Å². The Morgan fingerprint density at radius 1 is 0.217 bits per heavy atom. The van der Waals surface area contributed by atoms with E-state index >= 15 is 0 Å². The largest absolute Gasteiger partial charge is 2.00 e. The van der Waals surface area contributed by atoms with E-state index in [9.17, 15) is 18.9 Å². The number of phosphoric acid groups is 2. The molecule has 0 radical (unpaired) electrons. The van der Waals surface area contributed by atoms with Crippen LogP contribution in [0.4, 0.5) is 0 Å². The van der Waals surface area contributed by atoms with Crippen molar-refractivity contribution in [3.63, 3.8) is 0 Å². The number of allylic oxidation sites excluding steroid dienone is 8. The summed E-state index contributed by atoms with van der Waals surface area (Å²) in [6.45, 7) is 10.0. The zero-order valence-electron chi connectivity index (χ0n) is 55.6. The molecule has 0 saturated carbocycles. The van der Waals surface area contributed by atoms with Gasteiger partial charge in [0.1, 0.15) is 0 Å². The number of unbranched alkanes of at least 4 members (excludes halogenated alkanes) is 48. The van der Waals surface area contributed by atoms with Gasteiger partial charge in [-0.3, -0.25) is 9.13 Å². The fourth-order valence-electron chi connectivity index (χ4n) is 10.2. The quantitative estimate of drug-likeness (QED) is 0.0256. The molecule has 0 aromatic heterocycles. The second kappa shape index (κ2) is 75.9. The van der Waals surface area contributed by atoms with E-state index in [1.54, 1.807) is 0 Å². The van der Waals surface area contributed by atoms with Crippen molar-refractivity contribution in [2.45, 2.75) is 387 Å². The molecule has 0 rings (SSSR count). The first-order valence-corrected chi connectivity index (χ1v) is 39.0. The summed E-state index contributed by atoms with van der Waals surface area (Å²) in [5.41, 5.74) is 0. The van der Waals surface area contributed by atoms with Crippen LogP contribution in [0.3, 0.4) is 0 Å². The Bertz CT molecular complexity index is 1220. The third-order valence-electron chi connectivity index (χ3n) is 15.6. The zero-order valence-corrected chi connectivity index (χ0v) is 58.5. The number of hydrogen-bond donors (Lipinski definition) is 0. The molecule has 0 aliphatic carbocycles. The maximum atomic E-state index is 11.9. The van der Waals surface area contributed by atoms with Crippen molar-refractivity contribution in [3.05, 3.63) is 48.6 Å². The second-order valence-corrected chi connectivity index (χ2v) is 26.8. The van der Waals surface area contributed by atoms with E-state index in [1.807, 2.05) is 0 Å². The van der Waals surface area contributed by atoms with Crippen molar-refractivity contribution >= 4 is 15.6 Å². The van der Waals surface area contributed by atoms with Crippen molar-refractivity contribution in [2.24, 2.45) is 0 Å². The maximum absolute atomic E-state index is 11.9. The van der Waals surface area contributed by atoms with E-state index in [4.69, 9.17) is 18.1 Å². The smallest absolute Gasteiger partial charge is 0.756 e. The molecule has 0 N–H and O–H groups in total. The van der Waals surface area contributed by atoms with E-state index in [-0.39, 0.29) is 43.5 Å². The topological polar surface area (TPSA) is 117 Å². The Balaban J connectivity index is -0.00000152. The van der Waals surface area contributed by atoms with E-state index in [1.165, 1.54) is 283 Å². The Morgan fingerprint density at radius 3 is 0.482 bits per heavy atom. The van der Waals surface area contributed by atoms with Gasteiger partial charge in [0.05, 0.1) is 26.4 Å². The van der Waals surface area contributed by atoms with Gasteiger partial charge in [-0.25, -0.2) is 0 Å². The molecular formula is C72H140FeO8P2. The van der Waals surface area contributed by atoms with Crippen LogP contribution in [0.2, 0.25) is 0 Å². The van der Waals surface area contributed by atoms with Gasteiger partial charge in [-0.1, -0.05) is 307 Å². The molecule has 0 amide bonds. The third kappa shape index (κ3) is 81.7. The summed E-state index contributed by atoms with van der Waals surface area (Å²) in [7, 11) is -8.27. The number of phosphoric ester groups is 2. The van der Waals surface area contributed by atoms with Gasteiger partial charge in [-0.2, -0.15) is 0 Å². The molecule has 494 valence electrons. The molecule has 0 fully saturated rings. The van der Waals surface area contributed by atoms with Gasteiger partial charge in [-0.15, -0.1) is 0 Å². The van der Waals surface area contributed by atoms with Gasteiger partial charge < -0.3 is 27.9 Å². The summed E-state index contributed by atoms with van der Waals surface area (Å²) in [5.74, 6) is 0. The van der Waals surface area contributed by atoms with Crippen molar-refractivity contribution in [2.75, 3.05) is 26.4 Å². The van der Waals surface area contributed by atoms with Gasteiger partial charge in [-0.05, 0) is 128 Å². The number of rotatable bonds is 68. The average molecular weight is 1250 g/mol. The zero-order chi connectivity index (χ0) is 59.9. The number of hydrogen-bond acceptors (Lipinski definition) is 8. The summed E-state index contributed by atoms with van der Waals surface area (Å²) < 4.78 is 44.0. The monoisotopic (exact) mass is 1250 g/mol. The minimum atomic E-state index is -4.14. The molecule has 0 aliphatic rings. The molecule has 0 aromatic carbocycles. The Morgan fingerprint density at radius 2 is 0.337 bits per heavy atom. The Kier molecular flexibility index (Phi) is 79.5. The van der Waals surface area contributed by atoms with Crippen LogP contribution in [0.25, 0.3) is 0 Å². The summed E-state index contributed by atoms with van der Waals surface area (Å²) in [4.78, 5) is 23.8. The van der Waals surface area contributed by atoms with Gasteiger partial charge in [0.25, 0.3) is 15.6 Å². The van der Waals surface area contributed by atoms with Crippen LogP contribution in [0.15, 0.2) is 48.6 Å². The van der Waals surface area contributed by atoms with Crippen LogP contribution in [-0.2, 0) is 44.3 Å². The molecule has 0 bridgehead atoms.